The van der Waals surface area contributed by atoms with E-state index in [1.807, 2.05) is 0 Å². The summed E-state index contributed by atoms with van der Waals surface area (Å²) in [6.45, 7) is 3.16. The minimum absolute atomic E-state index is 1.00. The molecular formula is C16H17N. The molecule has 2 aromatic carbocycles. The fourth-order valence-electron chi connectivity index (χ4n) is 2.59. The first-order valence-corrected chi connectivity index (χ1v) is 6.34. The zero-order valence-electron chi connectivity index (χ0n) is 10.2. The van der Waals surface area contributed by atoms with E-state index in [1.165, 1.54) is 26.9 Å². The lowest BCUT2D eigenvalue weighted by atomic mass is 10.0. The number of rotatable bonds is 2. The number of fused-ring (bicyclic) bond motifs is 2. The Balaban J connectivity index is 2.37. The fourth-order valence-corrected chi connectivity index (χ4v) is 2.59. The molecule has 0 unspecified atom stereocenters. The molecule has 1 nitrogen and oxygen atoms in total. The fraction of sp³-hybridized carbons (Fsp3) is 0.250. The van der Waals surface area contributed by atoms with Crippen LogP contribution in [0.2, 0.25) is 0 Å². The number of benzene rings is 2. The summed E-state index contributed by atoms with van der Waals surface area (Å²) in [6, 6.07) is 13.2. The van der Waals surface area contributed by atoms with Crippen LogP contribution in [-0.2, 0) is 0 Å². The molecule has 86 valence electrons. The van der Waals surface area contributed by atoms with Gasteiger partial charge in [-0.2, -0.15) is 0 Å². The Kier molecular flexibility index (Phi) is 2.60. The summed E-state index contributed by atoms with van der Waals surface area (Å²) in [6.07, 6.45) is 4.63. The van der Waals surface area contributed by atoms with Crippen molar-refractivity contribution in [1.29, 1.82) is 0 Å². The van der Waals surface area contributed by atoms with Crippen molar-refractivity contribution < 1.29 is 0 Å². The topological polar surface area (TPSA) is 12.0 Å². The van der Waals surface area contributed by atoms with E-state index in [2.05, 4.69) is 54.7 Å². The minimum Gasteiger partial charge on any atom is -0.388 e. The summed E-state index contributed by atoms with van der Waals surface area (Å²) in [5.74, 6) is 0. The first-order chi connectivity index (χ1) is 8.38. The Morgan fingerprint density at radius 2 is 1.88 bits per heavy atom. The highest BCUT2D eigenvalue weighted by atomic mass is 14.9. The highest BCUT2D eigenvalue weighted by Crippen LogP contribution is 2.11. The van der Waals surface area contributed by atoms with Crippen molar-refractivity contribution in [3.8, 4) is 0 Å². The van der Waals surface area contributed by atoms with Crippen LogP contribution in [0.15, 0.2) is 36.4 Å². The molecule has 0 radical (unpaired) electrons. The van der Waals surface area contributed by atoms with Crippen molar-refractivity contribution in [1.82, 2.24) is 5.32 Å². The largest absolute Gasteiger partial charge is 0.388 e. The van der Waals surface area contributed by atoms with Gasteiger partial charge in [0.1, 0.15) is 0 Å². The van der Waals surface area contributed by atoms with E-state index < -0.39 is 0 Å². The Morgan fingerprint density at radius 3 is 2.65 bits per heavy atom. The molecule has 0 atom stereocenters. The van der Waals surface area contributed by atoms with Gasteiger partial charge >= 0.3 is 0 Å². The predicted molar refractivity (Wildman–Crippen MR) is 74.0 cm³/mol. The van der Waals surface area contributed by atoms with Crippen LogP contribution in [0, 0.1) is 0 Å². The van der Waals surface area contributed by atoms with E-state index in [9.17, 15) is 0 Å². The van der Waals surface area contributed by atoms with E-state index in [1.54, 1.807) is 0 Å². The molecule has 1 aliphatic rings. The van der Waals surface area contributed by atoms with Gasteiger partial charge in [-0.3, -0.25) is 0 Å². The molecule has 0 bridgehead atoms. The predicted octanol–water partition coefficient (Wildman–Crippen LogP) is 2.13. The molecule has 1 heteroatoms. The molecular weight excluding hydrogens is 206 g/mol. The molecule has 17 heavy (non-hydrogen) atoms. The Morgan fingerprint density at radius 1 is 1.12 bits per heavy atom. The third kappa shape index (κ3) is 1.82. The molecule has 0 heterocycles. The molecule has 1 N–H and O–H groups in total. The van der Waals surface area contributed by atoms with Crippen LogP contribution < -0.4 is 15.8 Å². The van der Waals surface area contributed by atoms with Gasteiger partial charge in [0.2, 0.25) is 0 Å². The van der Waals surface area contributed by atoms with E-state index in [0.29, 0.717) is 0 Å². The van der Waals surface area contributed by atoms with Crippen molar-refractivity contribution in [2.24, 2.45) is 0 Å². The van der Waals surface area contributed by atoms with Crippen LogP contribution in [0.5, 0.6) is 0 Å². The molecule has 2 aromatic rings. The van der Waals surface area contributed by atoms with Gasteiger partial charge in [-0.1, -0.05) is 30.3 Å². The maximum atomic E-state index is 3.50. The molecule has 0 saturated carbocycles. The lowest BCUT2D eigenvalue weighted by molar-refractivity contribution is 0.867. The molecule has 0 aromatic heterocycles. The standard InChI is InChI=1S/C16H17N/c1-2-17-16-9-5-8-14-10-12-6-3-4-7-13(12)11-15(14)16/h3-4,6-8,10-11,17H,2,5,9H2,1H3. The van der Waals surface area contributed by atoms with Crippen molar-refractivity contribution in [2.45, 2.75) is 19.8 Å². The molecule has 0 aliphatic heterocycles. The number of hydrogen-bond donors (Lipinski definition) is 1. The van der Waals surface area contributed by atoms with E-state index >= 15 is 0 Å². The molecule has 0 saturated heterocycles. The smallest absolute Gasteiger partial charge is 0.0189 e. The van der Waals surface area contributed by atoms with Crippen LogP contribution in [0.4, 0.5) is 0 Å². The molecule has 0 spiro atoms. The van der Waals surface area contributed by atoms with Gasteiger partial charge in [-0.25, -0.2) is 0 Å². The van der Waals surface area contributed by atoms with Gasteiger partial charge in [-0.15, -0.1) is 0 Å². The Bertz CT molecular complexity index is 667. The SMILES string of the molecule is CCNC1=c2cc3ccccc3cc2=CCC1. The molecule has 3 rings (SSSR count). The summed E-state index contributed by atoms with van der Waals surface area (Å²) < 4.78 is 0. The van der Waals surface area contributed by atoms with E-state index in [4.69, 9.17) is 0 Å². The number of hydrogen-bond acceptors (Lipinski definition) is 1. The second-order valence-corrected chi connectivity index (χ2v) is 4.54. The monoisotopic (exact) mass is 223 g/mol. The third-order valence-corrected chi connectivity index (χ3v) is 3.39. The van der Waals surface area contributed by atoms with Crippen molar-refractivity contribution in [2.75, 3.05) is 6.54 Å². The average molecular weight is 223 g/mol. The average Bonchev–Trinajstić information content (AvgIpc) is 2.37. The zero-order valence-corrected chi connectivity index (χ0v) is 10.2. The quantitative estimate of drug-likeness (QED) is 0.822. The summed E-state index contributed by atoms with van der Waals surface area (Å²) in [7, 11) is 0. The van der Waals surface area contributed by atoms with E-state index in [0.717, 1.165) is 19.4 Å². The second-order valence-electron chi connectivity index (χ2n) is 4.54. The minimum atomic E-state index is 1.00. The van der Waals surface area contributed by atoms with Crippen LogP contribution >= 0.6 is 0 Å². The van der Waals surface area contributed by atoms with Gasteiger partial charge in [0.15, 0.2) is 0 Å². The normalized spacial score (nSPS) is 14.3. The maximum Gasteiger partial charge on any atom is 0.0189 e. The van der Waals surface area contributed by atoms with Gasteiger partial charge in [0, 0.05) is 17.5 Å². The summed E-state index contributed by atoms with van der Waals surface area (Å²) in [5, 5.41) is 8.93. The van der Waals surface area contributed by atoms with Crippen LogP contribution in [0.25, 0.3) is 22.5 Å². The first-order valence-electron chi connectivity index (χ1n) is 6.34. The Hall–Kier alpha value is -1.76. The first kappa shape index (κ1) is 10.4. The van der Waals surface area contributed by atoms with Crippen molar-refractivity contribution >= 4 is 22.5 Å². The lowest BCUT2D eigenvalue weighted by Crippen LogP contribution is -2.34. The van der Waals surface area contributed by atoms with Crippen LogP contribution in [0.1, 0.15) is 19.8 Å². The van der Waals surface area contributed by atoms with Crippen molar-refractivity contribution in [3.05, 3.63) is 46.8 Å². The van der Waals surface area contributed by atoms with Gasteiger partial charge in [-0.05, 0) is 47.9 Å². The number of nitrogens with one attached hydrogen (secondary N) is 1. The lowest BCUT2D eigenvalue weighted by Gasteiger charge is -2.13. The highest BCUT2D eigenvalue weighted by molar-refractivity contribution is 5.83. The summed E-state index contributed by atoms with van der Waals surface area (Å²) in [5.41, 5.74) is 1.40. The van der Waals surface area contributed by atoms with Gasteiger partial charge in [0.05, 0.1) is 0 Å². The molecule has 1 aliphatic carbocycles. The highest BCUT2D eigenvalue weighted by Gasteiger charge is 2.04. The summed E-state index contributed by atoms with van der Waals surface area (Å²) >= 11 is 0. The molecule has 0 amide bonds. The van der Waals surface area contributed by atoms with Crippen molar-refractivity contribution in [3.63, 3.8) is 0 Å². The maximum absolute atomic E-state index is 3.50. The van der Waals surface area contributed by atoms with Crippen LogP contribution in [-0.4, -0.2) is 6.54 Å². The Labute approximate surface area is 101 Å². The second kappa shape index (κ2) is 4.25. The summed E-state index contributed by atoms with van der Waals surface area (Å²) in [4.78, 5) is 0. The van der Waals surface area contributed by atoms with Crippen LogP contribution in [0.3, 0.4) is 0 Å². The van der Waals surface area contributed by atoms with Gasteiger partial charge in [0.25, 0.3) is 0 Å². The third-order valence-electron chi connectivity index (χ3n) is 3.39. The van der Waals surface area contributed by atoms with Gasteiger partial charge < -0.3 is 5.32 Å². The zero-order chi connectivity index (χ0) is 11.7. The molecule has 0 fully saturated rings. The van der Waals surface area contributed by atoms with E-state index in [-0.39, 0.29) is 0 Å².